The fourth-order valence-corrected chi connectivity index (χ4v) is 4.72. The number of nitro benzene ring substituents is 1. The summed E-state index contributed by atoms with van der Waals surface area (Å²) >= 11 is 0. The number of nitro groups is 1. The van der Waals surface area contributed by atoms with Crippen LogP contribution in [0.3, 0.4) is 0 Å². The summed E-state index contributed by atoms with van der Waals surface area (Å²) in [6, 6.07) is 6.37. The van der Waals surface area contributed by atoms with Crippen LogP contribution >= 0.6 is 0 Å². The molecule has 2 aromatic rings. The van der Waals surface area contributed by atoms with E-state index in [0.29, 0.717) is 5.95 Å². The van der Waals surface area contributed by atoms with Crippen molar-refractivity contribution in [2.75, 3.05) is 30.9 Å². The van der Waals surface area contributed by atoms with Gasteiger partial charge in [-0.1, -0.05) is 12.1 Å². The number of rotatable bonds is 8. The minimum atomic E-state index is -0.519. The Morgan fingerprint density at radius 2 is 1.82 bits per heavy atom. The number of amides is 1. The second-order valence-corrected chi connectivity index (χ2v) is 9.17. The Hall–Kier alpha value is -3.43. The van der Waals surface area contributed by atoms with Crippen LogP contribution in [0.2, 0.25) is 0 Å². The van der Waals surface area contributed by atoms with Crippen molar-refractivity contribution in [3.8, 4) is 5.75 Å². The zero-order valence-corrected chi connectivity index (χ0v) is 19.7. The lowest BCUT2D eigenvalue weighted by molar-refractivity contribution is -0.385. The fraction of sp³-hybridized carbons (Fsp3) is 0.542. The average molecular weight is 469 g/mol. The van der Waals surface area contributed by atoms with Crippen LogP contribution in [0.5, 0.6) is 5.75 Å². The zero-order valence-electron chi connectivity index (χ0n) is 19.7. The molecule has 10 heteroatoms. The second-order valence-electron chi connectivity index (χ2n) is 9.17. The number of hydrogen-bond acceptors (Lipinski definition) is 8. The zero-order chi connectivity index (χ0) is 24.1. The van der Waals surface area contributed by atoms with Gasteiger partial charge in [0.25, 0.3) is 5.91 Å². The summed E-state index contributed by atoms with van der Waals surface area (Å²) < 4.78 is 5.39. The van der Waals surface area contributed by atoms with Crippen LogP contribution in [-0.4, -0.2) is 53.6 Å². The van der Waals surface area contributed by atoms with Gasteiger partial charge in [0.2, 0.25) is 5.95 Å². The van der Waals surface area contributed by atoms with Gasteiger partial charge in [-0.2, -0.15) is 4.98 Å². The van der Waals surface area contributed by atoms with Gasteiger partial charge in [0, 0.05) is 37.8 Å². The van der Waals surface area contributed by atoms with Gasteiger partial charge in [0.1, 0.15) is 5.82 Å². The van der Waals surface area contributed by atoms with Crippen molar-refractivity contribution < 1.29 is 14.5 Å². The van der Waals surface area contributed by atoms with Crippen molar-refractivity contribution in [1.82, 2.24) is 15.3 Å². The van der Waals surface area contributed by atoms with E-state index in [1.54, 1.807) is 12.1 Å². The molecule has 1 saturated carbocycles. The number of para-hydroxylation sites is 2. The monoisotopic (exact) mass is 468 g/mol. The van der Waals surface area contributed by atoms with Crippen LogP contribution < -0.4 is 20.3 Å². The first-order valence-electron chi connectivity index (χ1n) is 11.9. The number of hydrogen-bond donors (Lipinski definition) is 2. The molecule has 1 amide bonds. The molecule has 10 nitrogen and oxygen atoms in total. The number of carbonyl (C=O) groups is 1. The summed E-state index contributed by atoms with van der Waals surface area (Å²) in [6.07, 6.45) is 7.85. The lowest BCUT2D eigenvalue weighted by Crippen LogP contribution is -2.42. The maximum atomic E-state index is 12.3. The van der Waals surface area contributed by atoms with Crippen molar-refractivity contribution in [1.29, 1.82) is 0 Å². The Bertz CT molecular complexity index is 1040. The Morgan fingerprint density at radius 3 is 2.56 bits per heavy atom. The highest BCUT2D eigenvalue weighted by molar-refractivity contribution is 5.78. The Labute approximate surface area is 199 Å². The molecule has 0 unspecified atom stereocenters. The number of aryl methyl sites for hydroxylation is 1. The van der Waals surface area contributed by atoms with Crippen molar-refractivity contribution in [2.45, 2.75) is 63.5 Å². The molecule has 0 bridgehead atoms. The van der Waals surface area contributed by atoms with E-state index in [9.17, 15) is 14.9 Å². The van der Waals surface area contributed by atoms with Crippen molar-refractivity contribution in [2.24, 2.45) is 0 Å². The molecule has 2 aliphatic rings. The van der Waals surface area contributed by atoms with Gasteiger partial charge in [-0.05, 0) is 57.4 Å². The third kappa shape index (κ3) is 5.73. The van der Waals surface area contributed by atoms with Crippen LogP contribution in [0.1, 0.15) is 49.8 Å². The van der Waals surface area contributed by atoms with Gasteiger partial charge in [-0.3, -0.25) is 14.9 Å². The fourth-order valence-electron chi connectivity index (χ4n) is 4.72. The van der Waals surface area contributed by atoms with Crippen molar-refractivity contribution in [3.05, 3.63) is 45.6 Å². The number of nitrogens with one attached hydrogen (secondary N) is 2. The predicted octanol–water partition coefficient (Wildman–Crippen LogP) is 3.25. The highest BCUT2D eigenvalue weighted by atomic mass is 16.6. The maximum Gasteiger partial charge on any atom is 0.310 e. The minimum Gasteiger partial charge on any atom is -0.477 e. The van der Waals surface area contributed by atoms with E-state index < -0.39 is 4.92 Å². The molecule has 0 spiro atoms. The van der Waals surface area contributed by atoms with Gasteiger partial charge in [0.05, 0.1) is 10.6 Å². The number of aromatic nitrogens is 2. The van der Waals surface area contributed by atoms with Gasteiger partial charge >= 0.3 is 5.69 Å². The SMILES string of the molecule is CN(C)c1nc(NC2CCC(NC(=O)COc3ccccc3[N+](=O)[O-])CC2)nc2c1CCCC2. The molecular formula is C24H32N6O4. The molecule has 0 aliphatic heterocycles. The molecule has 1 aromatic heterocycles. The summed E-state index contributed by atoms with van der Waals surface area (Å²) in [6.45, 7) is -0.251. The van der Waals surface area contributed by atoms with Gasteiger partial charge in [-0.25, -0.2) is 4.98 Å². The predicted molar refractivity (Wildman–Crippen MR) is 129 cm³/mol. The quantitative estimate of drug-likeness (QED) is 0.447. The van der Waals surface area contributed by atoms with Gasteiger partial charge < -0.3 is 20.3 Å². The van der Waals surface area contributed by atoms with Crippen LogP contribution in [-0.2, 0) is 17.6 Å². The molecule has 0 saturated heterocycles. The summed E-state index contributed by atoms with van der Waals surface area (Å²) in [5, 5.41) is 17.6. The minimum absolute atomic E-state index is 0.0571. The summed E-state index contributed by atoms with van der Waals surface area (Å²) in [7, 11) is 4.04. The molecule has 2 aliphatic carbocycles. The number of anilines is 2. The van der Waals surface area contributed by atoms with Gasteiger partial charge in [0.15, 0.2) is 12.4 Å². The average Bonchev–Trinajstić information content (AvgIpc) is 2.83. The summed E-state index contributed by atoms with van der Waals surface area (Å²) in [5.74, 6) is 1.52. The molecule has 34 heavy (non-hydrogen) atoms. The second kappa shape index (κ2) is 10.7. The molecular weight excluding hydrogens is 436 g/mol. The molecule has 4 rings (SSSR count). The molecule has 182 valence electrons. The Balaban J connectivity index is 1.27. The van der Waals surface area contributed by atoms with Crippen molar-refractivity contribution in [3.63, 3.8) is 0 Å². The van der Waals surface area contributed by atoms with E-state index in [2.05, 4.69) is 15.5 Å². The van der Waals surface area contributed by atoms with Crippen molar-refractivity contribution >= 4 is 23.4 Å². The molecule has 0 atom stereocenters. The highest BCUT2D eigenvalue weighted by Crippen LogP contribution is 2.29. The lowest BCUT2D eigenvalue weighted by Gasteiger charge is -2.30. The molecule has 2 N–H and O–H groups in total. The van der Waals surface area contributed by atoms with Crippen LogP contribution in [0.4, 0.5) is 17.5 Å². The molecule has 1 fully saturated rings. The van der Waals surface area contributed by atoms with Crippen LogP contribution in [0, 0.1) is 10.1 Å². The largest absolute Gasteiger partial charge is 0.477 e. The first-order chi connectivity index (χ1) is 16.4. The smallest absolute Gasteiger partial charge is 0.310 e. The highest BCUT2D eigenvalue weighted by Gasteiger charge is 2.25. The number of carbonyl (C=O) groups excluding carboxylic acids is 1. The Kier molecular flexibility index (Phi) is 7.44. The number of nitrogens with zero attached hydrogens (tertiary/aromatic N) is 4. The van der Waals surface area contributed by atoms with Crippen LogP contribution in [0.25, 0.3) is 0 Å². The first-order valence-corrected chi connectivity index (χ1v) is 11.9. The first kappa shape index (κ1) is 23.7. The molecule has 1 heterocycles. The Morgan fingerprint density at radius 1 is 1.12 bits per heavy atom. The third-order valence-corrected chi connectivity index (χ3v) is 6.43. The topological polar surface area (TPSA) is 123 Å². The van der Waals surface area contributed by atoms with E-state index in [-0.39, 0.29) is 36.0 Å². The van der Waals surface area contributed by atoms with E-state index in [1.165, 1.54) is 30.5 Å². The number of ether oxygens (including phenoxy) is 1. The van der Waals surface area contributed by atoms with Gasteiger partial charge in [-0.15, -0.1) is 0 Å². The summed E-state index contributed by atoms with van der Waals surface area (Å²) in [4.78, 5) is 34.5. The van der Waals surface area contributed by atoms with E-state index >= 15 is 0 Å². The van der Waals surface area contributed by atoms with E-state index in [4.69, 9.17) is 14.7 Å². The molecule has 1 aromatic carbocycles. The van der Waals surface area contributed by atoms with E-state index in [0.717, 1.165) is 50.0 Å². The lowest BCUT2D eigenvalue weighted by atomic mass is 9.91. The normalized spacial score (nSPS) is 19.6. The standard InChI is InChI=1S/C24H32N6O4/c1-29(2)23-18-7-3-4-8-19(18)27-24(28-23)26-17-13-11-16(12-14-17)25-22(31)15-34-21-10-6-5-9-20(21)30(32)33/h5-6,9-10,16-17H,3-4,7-8,11-15H2,1-2H3,(H,25,31)(H,26,27,28). The molecule has 0 radical (unpaired) electrons. The summed E-state index contributed by atoms with van der Waals surface area (Å²) in [5.41, 5.74) is 2.28. The maximum absolute atomic E-state index is 12.3. The number of benzene rings is 1. The van der Waals surface area contributed by atoms with Crippen LogP contribution in [0.15, 0.2) is 24.3 Å². The third-order valence-electron chi connectivity index (χ3n) is 6.43. The number of fused-ring (bicyclic) bond motifs is 1. The van der Waals surface area contributed by atoms with E-state index in [1.807, 2.05) is 14.1 Å².